The fourth-order valence-electron chi connectivity index (χ4n) is 1.80. The molecule has 0 aliphatic carbocycles. The van der Waals surface area contributed by atoms with Gasteiger partial charge in [0.05, 0.1) is 26.9 Å². The number of rotatable bonds is 8. The van der Waals surface area contributed by atoms with Crippen molar-refractivity contribution in [3.8, 4) is 11.5 Å². The number of methoxy groups -OCH3 is 3. The van der Waals surface area contributed by atoms with Crippen LogP contribution >= 0.6 is 0 Å². The Morgan fingerprint density at radius 3 is 2.43 bits per heavy atom. The van der Waals surface area contributed by atoms with Crippen LogP contribution in [0, 0.1) is 0 Å². The Kier molecular flexibility index (Phi) is 6.41. The fraction of sp³-hybridized carbons (Fsp3) is 0.538. The summed E-state index contributed by atoms with van der Waals surface area (Å²) in [4.78, 5) is 0.0120. The molecule has 0 aliphatic rings. The van der Waals surface area contributed by atoms with Crippen molar-refractivity contribution in [3.05, 3.63) is 18.2 Å². The lowest BCUT2D eigenvalue weighted by molar-refractivity contribution is 0.0554. The summed E-state index contributed by atoms with van der Waals surface area (Å²) in [6.45, 7) is -0.0229. The molecule has 1 atom stereocenters. The minimum Gasteiger partial charge on any atom is -0.497 e. The van der Waals surface area contributed by atoms with Crippen LogP contribution in [0.5, 0.6) is 11.5 Å². The van der Waals surface area contributed by atoms with Crippen LogP contribution in [0.25, 0.3) is 0 Å². The van der Waals surface area contributed by atoms with Crippen molar-refractivity contribution < 1.29 is 27.7 Å². The lowest BCUT2D eigenvalue weighted by Gasteiger charge is -2.21. The summed E-state index contributed by atoms with van der Waals surface area (Å²) < 4.78 is 41.0. The number of nitrogens with zero attached hydrogens (tertiary/aromatic N) is 1. The second-order valence-corrected chi connectivity index (χ2v) is 6.42. The van der Waals surface area contributed by atoms with Gasteiger partial charge in [-0.3, -0.25) is 0 Å². The molecular weight excluding hydrogens is 298 g/mol. The standard InChI is InChI=1S/C13H21NO6S/c1-14(8-10(15)9-18-2)21(16,17)13-6-5-11(19-3)7-12(13)20-4/h5-7,10,15H,8-9H2,1-4H3. The van der Waals surface area contributed by atoms with Gasteiger partial charge in [-0.05, 0) is 12.1 Å². The van der Waals surface area contributed by atoms with Crippen LogP contribution in [0.15, 0.2) is 23.1 Å². The Labute approximate surface area is 125 Å². The van der Waals surface area contributed by atoms with E-state index in [0.29, 0.717) is 5.75 Å². The van der Waals surface area contributed by atoms with E-state index in [-0.39, 0.29) is 23.8 Å². The Hall–Kier alpha value is -1.35. The average Bonchev–Trinajstić information content (AvgIpc) is 2.46. The van der Waals surface area contributed by atoms with Crippen LogP contribution in [-0.2, 0) is 14.8 Å². The largest absolute Gasteiger partial charge is 0.497 e. The van der Waals surface area contributed by atoms with Crippen LogP contribution in [0.4, 0.5) is 0 Å². The summed E-state index contributed by atoms with van der Waals surface area (Å²) in [5.41, 5.74) is 0. The summed E-state index contributed by atoms with van der Waals surface area (Å²) >= 11 is 0. The SMILES string of the molecule is COCC(O)CN(C)S(=O)(=O)c1ccc(OC)cc1OC. The molecule has 0 heterocycles. The lowest BCUT2D eigenvalue weighted by atomic mass is 10.3. The molecule has 0 aliphatic heterocycles. The number of hydrogen-bond donors (Lipinski definition) is 1. The highest BCUT2D eigenvalue weighted by Crippen LogP contribution is 2.30. The predicted molar refractivity (Wildman–Crippen MR) is 77.2 cm³/mol. The molecule has 0 fully saturated rings. The molecule has 1 aromatic carbocycles. The summed E-state index contributed by atoms with van der Waals surface area (Å²) in [5, 5.41) is 9.66. The third-order valence-electron chi connectivity index (χ3n) is 2.89. The Balaban J connectivity index is 3.06. The third-order valence-corrected chi connectivity index (χ3v) is 4.75. The van der Waals surface area contributed by atoms with E-state index >= 15 is 0 Å². The maximum Gasteiger partial charge on any atom is 0.246 e. The molecule has 8 heteroatoms. The smallest absolute Gasteiger partial charge is 0.246 e. The van der Waals surface area contributed by atoms with E-state index in [9.17, 15) is 13.5 Å². The van der Waals surface area contributed by atoms with E-state index in [2.05, 4.69) is 0 Å². The molecule has 0 amide bonds. The van der Waals surface area contributed by atoms with E-state index < -0.39 is 16.1 Å². The number of likely N-dealkylation sites (N-methyl/N-ethyl adjacent to an activating group) is 1. The van der Waals surface area contributed by atoms with Crippen LogP contribution < -0.4 is 9.47 Å². The summed E-state index contributed by atoms with van der Waals surface area (Å²) in [6, 6.07) is 4.44. The first-order chi connectivity index (χ1) is 9.86. The van der Waals surface area contributed by atoms with Crippen molar-refractivity contribution in [3.63, 3.8) is 0 Å². The average molecular weight is 319 g/mol. The minimum atomic E-state index is -3.78. The zero-order valence-electron chi connectivity index (χ0n) is 12.6. The minimum absolute atomic E-state index is 0.0120. The number of ether oxygens (including phenoxy) is 3. The van der Waals surface area contributed by atoms with Crippen molar-refractivity contribution >= 4 is 10.0 Å². The molecule has 0 saturated carbocycles. The van der Waals surface area contributed by atoms with Gasteiger partial charge < -0.3 is 19.3 Å². The van der Waals surface area contributed by atoms with Crippen LogP contribution in [0.2, 0.25) is 0 Å². The Morgan fingerprint density at radius 2 is 1.90 bits per heavy atom. The zero-order valence-corrected chi connectivity index (χ0v) is 13.4. The van der Waals surface area contributed by atoms with Gasteiger partial charge in [0.2, 0.25) is 10.0 Å². The van der Waals surface area contributed by atoms with E-state index in [1.54, 1.807) is 0 Å². The first kappa shape index (κ1) is 17.7. The second kappa shape index (κ2) is 7.60. The zero-order chi connectivity index (χ0) is 16.0. The lowest BCUT2D eigenvalue weighted by Crippen LogP contribution is -2.36. The normalized spacial score (nSPS) is 13.2. The predicted octanol–water partition coefficient (Wildman–Crippen LogP) is 0.332. The second-order valence-electron chi connectivity index (χ2n) is 4.41. The first-order valence-electron chi connectivity index (χ1n) is 6.22. The van der Waals surface area contributed by atoms with Gasteiger partial charge in [-0.25, -0.2) is 8.42 Å². The van der Waals surface area contributed by atoms with E-state index in [0.717, 1.165) is 4.31 Å². The van der Waals surface area contributed by atoms with Gasteiger partial charge in [-0.15, -0.1) is 0 Å². The summed E-state index contributed by atoms with van der Waals surface area (Å²) in [6.07, 6.45) is -0.904. The van der Waals surface area contributed by atoms with Crippen molar-refractivity contribution in [1.82, 2.24) is 4.31 Å². The van der Waals surface area contributed by atoms with Crippen molar-refractivity contribution in [1.29, 1.82) is 0 Å². The van der Waals surface area contributed by atoms with Crippen molar-refractivity contribution in [2.24, 2.45) is 0 Å². The number of aliphatic hydroxyl groups excluding tert-OH is 1. The topological polar surface area (TPSA) is 85.3 Å². The molecule has 0 radical (unpaired) electrons. The highest BCUT2D eigenvalue weighted by atomic mass is 32.2. The highest BCUT2D eigenvalue weighted by molar-refractivity contribution is 7.89. The first-order valence-corrected chi connectivity index (χ1v) is 7.66. The molecule has 1 N–H and O–H groups in total. The van der Waals surface area contributed by atoms with E-state index in [4.69, 9.17) is 14.2 Å². The van der Waals surface area contributed by atoms with Gasteiger partial charge in [0, 0.05) is 26.8 Å². The van der Waals surface area contributed by atoms with Crippen LogP contribution in [0.1, 0.15) is 0 Å². The summed E-state index contributed by atoms with van der Waals surface area (Å²) in [7, 11) is 1.90. The monoisotopic (exact) mass is 319 g/mol. The van der Waals surface area contributed by atoms with Gasteiger partial charge in [-0.1, -0.05) is 0 Å². The molecule has 7 nitrogen and oxygen atoms in total. The number of sulfonamides is 1. The molecule has 0 bridgehead atoms. The van der Waals surface area contributed by atoms with E-state index in [1.807, 2.05) is 0 Å². The molecule has 0 saturated heterocycles. The highest BCUT2D eigenvalue weighted by Gasteiger charge is 2.26. The van der Waals surface area contributed by atoms with Gasteiger partial charge in [-0.2, -0.15) is 4.31 Å². The molecule has 120 valence electrons. The van der Waals surface area contributed by atoms with Gasteiger partial charge in [0.1, 0.15) is 16.4 Å². The van der Waals surface area contributed by atoms with Crippen LogP contribution in [-0.4, -0.2) is 65.5 Å². The third kappa shape index (κ3) is 4.31. The Morgan fingerprint density at radius 1 is 1.24 bits per heavy atom. The number of hydrogen-bond acceptors (Lipinski definition) is 6. The molecule has 21 heavy (non-hydrogen) atoms. The van der Waals surface area contributed by atoms with Gasteiger partial charge in [0.25, 0.3) is 0 Å². The number of benzene rings is 1. The van der Waals surface area contributed by atoms with Gasteiger partial charge >= 0.3 is 0 Å². The van der Waals surface area contributed by atoms with Gasteiger partial charge in [0.15, 0.2) is 0 Å². The molecule has 1 rings (SSSR count). The molecular formula is C13H21NO6S. The maximum atomic E-state index is 12.5. The molecule has 1 unspecified atom stereocenters. The quantitative estimate of drug-likeness (QED) is 0.743. The fourth-order valence-corrected chi connectivity index (χ4v) is 3.14. The van der Waals surface area contributed by atoms with Crippen molar-refractivity contribution in [2.75, 3.05) is 41.5 Å². The number of aliphatic hydroxyl groups is 1. The van der Waals surface area contributed by atoms with Crippen molar-refractivity contribution in [2.45, 2.75) is 11.0 Å². The summed E-state index contributed by atoms with van der Waals surface area (Å²) in [5.74, 6) is 0.676. The molecule has 0 spiro atoms. The maximum absolute atomic E-state index is 12.5. The molecule has 1 aromatic rings. The van der Waals surface area contributed by atoms with E-state index in [1.165, 1.54) is 46.6 Å². The molecule has 0 aromatic heterocycles. The van der Waals surface area contributed by atoms with Crippen LogP contribution in [0.3, 0.4) is 0 Å². The Bertz CT molecular complexity index is 560.